The minimum absolute atomic E-state index is 0.319. The van der Waals surface area contributed by atoms with E-state index < -0.39 is 0 Å². The molecular weight excluding hydrogens is 252 g/mol. The lowest BCUT2D eigenvalue weighted by Crippen LogP contribution is -2.30. The molecule has 2 bridgehead atoms. The predicted octanol–water partition coefficient (Wildman–Crippen LogP) is 5.50. The van der Waals surface area contributed by atoms with Crippen molar-refractivity contribution in [2.45, 2.75) is 33.1 Å². The second-order valence-electron chi connectivity index (χ2n) is 7.62. The van der Waals surface area contributed by atoms with Crippen LogP contribution in [0.4, 0.5) is 0 Å². The maximum atomic E-state index is 2.55. The summed E-state index contributed by atoms with van der Waals surface area (Å²) in [7, 11) is 0. The van der Waals surface area contributed by atoms with Crippen molar-refractivity contribution in [1.82, 2.24) is 0 Å². The molecule has 4 atom stereocenters. The van der Waals surface area contributed by atoms with Crippen LogP contribution in [0.15, 0.2) is 65.8 Å². The molecule has 1 fully saturated rings. The van der Waals surface area contributed by atoms with Gasteiger partial charge in [0.1, 0.15) is 0 Å². The van der Waals surface area contributed by atoms with Crippen LogP contribution in [0.25, 0.3) is 0 Å². The molecule has 0 unspecified atom stereocenters. The van der Waals surface area contributed by atoms with Crippen molar-refractivity contribution in [2.75, 3.05) is 0 Å². The van der Waals surface area contributed by atoms with Gasteiger partial charge in [0.05, 0.1) is 0 Å². The minimum atomic E-state index is 0.319. The quantitative estimate of drug-likeness (QED) is 0.594. The summed E-state index contributed by atoms with van der Waals surface area (Å²) in [5.74, 6) is 2.71. The van der Waals surface area contributed by atoms with E-state index in [1.807, 2.05) is 0 Å². The highest BCUT2D eigenvalue weighted by Crippen LogP contribution is 2.61. The maximum absolute atomic E-state index is 2.55. The highest BCUT2D eigenvalue weighted by Gasteiger charge is 2.51. The molecule has 1 aromatic rings. The lowest BCUT2D eigenvalue weighted by molar-refractivity contribution is 0.207. The minimum Gasteiger partial charge on any atom is -0.0790 e. The summed E-state index contributed by atoms with van der Waals surface area (Å²) < 4.78 is 0. The molecule has 1 saturated carbocycles. The second-order valence-corrected chi connectivity index (χ2v) is 7.62. The number of rotatable bonds is 1. The van der Waals surface area contributed by atoms with Crippen molar-refractivity contribution in [2.24, 2.45) is 23.2 Å². The summed E-state index contributed by atoms with van der Waals surface area (Å²) in [4.78, 5) is 0. The molecule has 0 spiro atoms. The van der Waals surface area contributed by atoms with Crippen molar-refractivity contribution in [3.05, 3.63) is 71.3 Å². The number of benzene rings is 1. The van der Waals surface area contributed by atoms with Gasteiger partial charge in [-0.1, -0.05) is 79.6 Å². The Morgan fingerprint density at radius 1 is 1.10 bits per heavy atom. The molecule has 0 N–H and O–H groups in total. The fraction of sp³-hybridized carbons (Fsp3) is 0.429. The molecule has 1 aromatic carbocycles. The fourth-order valence-electron chi connectivity index (χ4n) is 5.10. The van der Waals surface area contributed by atoms with Crippen LogP contribution in [-0.2, 0) is 0 Å². The van der Waals surface area contributed by atoms with Crippen molar-refractivity contribution in [1.29, 1.82) is 0 Å². The standard InChI is InChI=1S/C21H24/c1-14-13-21(2,3)19-12-18(14)17-11-7-10-16(20(17)19)15-8-5-4-6-9-15/h4-11,13,16,18-20H,12H2,1-3H3/t16-,18+,19+,20+/m1/s1. The average molecular weight is 276 g/mol. The zero-order valence-electron chi connectivity index (χ0n) is 13.2. The monoisotopic (exact) mass is 276 g/mol. The van der Waals surface area contributed by atoms with Gasteiger partial charge in [-0.05, 0) is 36.2 Å². The van der Waals surface area contributed by atoms with Gasteiger partial charge in [0.15, 0.2) is 0 Å². The van der Waals surface area contributed by atoms with E-state index in [0.29, 0.717) is 23.2 Å². The summed E-state index contributed by atoms with van der Waals surface area (Å²) in [5, 5.41) is 0. The summed E-state index contributed by atoms with van der Waals surface area (Å²) in [6, 6.07) is 11.1. The molecule has 0 saturated heterocycles. The summed E-state index contributed by atoms with van der Waals surface area (Å²) in [6.07, 6.45) is 11.0. The normalized spacial score (nSPS) is 36.0. The number of hydrogen-bond donors (Lipinski definition) is 0. The van der Waals surface area contributed by atoms with Crippen LogP contribution < -0.4 is 0 Å². The van der Waals surface area contributed by atoms with Crippen LogP contribution in [-0.4, -0.2) is 0 Å². The molecule has 0 radical (unpaired) electrons. The first-order valence-electron chi connectivity index (χ1n) is 8.20. The third-order valence-electron chi connectivity index (χ3n) is 5.99. The van der Waals surface area contributed by atoms with E-state index in [2.05, 4.69) is 75.4 Å². The Kier molecular flexibility index (Phi) is 2.79. The van der Waals surface area contributed by atoms with Crippen molar-refractivity contribution < 1.29 is 0 Å². The Morgan fingerprint density at radius 3 is 2.62 bits per heavy atom. The molecule has 0 aliphatic heterocycles. The molecule has 0 amide bonds. The zero-order chi connectivity index (χ0) is 14.6. The van der Waals surface area contributed by atoms with Crippen LogP contribution in [0.1, 0.15) is 38.7 Å². The third kappa shape index (κ3) is 1.88. The summed E-state index contributed by atoms with van der Waals surface area (Å²) >= 11 is 0. The topological polar surface area (TPSA) is 0 Å². The van der Waals surface area contributed by atoms with Gasteiger partial charge in [0.2, 0.25) is 0 Å². The lowest BCUT2D eigenvalue weighted by atomic mass is 9.65. The van der Waals surface area contributed by atoms with Crippen molar-refractivity contribution in [3.8, 4) is 0 Å². The van der Waals surface area contributed by atoms with Crippen LogP contribution in [0.5, 0.6) is 0 Å². The number of allylic oxidation sites excluding steroid dienone is 6. The molecule has 0 heterocycles. The smallest absolute Gasteiger partial charge is 0.00899 e. The lowest BCUT2D eigenvalue weighted by Gasteiger charge is -2.38. The molecule has 21 heavy (non-hydrogen) atoms. The molecule has 3 aliphatic rings. The largest absolute Gasteiger partial charge is 0.0790 e. The van der Waals surface area contributed by atoms with E-state index in [-0.39, 0.29) is 0 Å². The van der Waals surface area contributed by atoms with Gasteiger partial charge >= 0.3 is 0 Å². The molecule has 0 aromatic heterocycles. The SMILES string of the molecule is CC1=CC(C)(C)[C@H]2C[C@@H]1C1=CC=C[C@H](c3ccccc3)[C@@H]12. The number of fused-ring (bicyclic) bond motifs is 5. The Hall–Kier alpha value is -1.56. The molecule has 0 nitrogen and oxygen atoms in total. The highest BCUT2D eigenvalue weighted by atomic mass is 14.5. The second kappa shape index (κ2) is 4.47. The van der Waals surface area contributed by atoms with Crippen LogP contribution in [0.3, 0.4) is 0 Å². The van der Waals surface area contributed by atoms with Crippen molar-refractivity contribution >= 4 is 0 Å². The maximum Gasteiger partial charge on any atom is 0.00899 e. The van der Waals surface area contributed by atoms with Crippen LogP contribution >= 0.6 is 0 Å². The van der Waals surface area contributed by atoms with E-state index in [1.165, 1.54) is 12.0 Å². The molecule has 4 rings (SSSR count). The van der Waals surface area contributed by atoms with Gasteiger partial charge in [-0.15, -0.1) is 0 Å². The first-order valence-corrected chi connectivity index (χ1v) is 8.20. The Bertz CT molecular complexity index is 642. The molecule has 0 heteroatoms. The van der Waals surface area contributed by atoms with E-state index in [4.69, 9.17) is 0 Å². The fourth-order valence-corrected chi connectivity index (χ4v) is 5.10. The Labute approximate surface area is 128 Å². The average Bonchev–Trinajstić information content (AvgIpc) is 2.84. The van der Waals surface area contributed by atoms with Gasteiger partial charge < -0.3 is 0 Å². The van der Waals surface area contributed by atoms with Gasteiger partial charge in [0.25, 0.3) is 0 Å². The van der Waals surface area contributed by atoms with E-state index in [1.54, 1.807) is 11.1 Å². The van der Waals surface area contributed by atoms with Crippen molar-refractivity contribution in [3.63, 3.8) is 0 Å². The van der Waals surface area contributed by atoms with E-state index in [0.717, 1.165) is 5.92 Å². The summed E-state index contributed by atoms with van der Waals surface area (Å²) in [5.41, 5.74) is 5.08. The molecular formula is C21H24. The molecule has 3 aliphatic carbocycles. The summed E-state index contributed by atoms with van der Waals surface area (Å²) in [6.45, 7) is 7.20. The van der Waals surface area contributed by atoms with E-state index in [9.17, 15) is 0 Å². The predicted molar refractivity (Wildman–Crippen MR) is 89.0 cm³/mol. The van der Waals surface area contributed by atoms with Gasteiger partial charge in [0, 0.05) is 11.8 Å². The Balaban J connectivity index is 1.81. The first-order chi connectivity index (χ1) is 10.1. The number of hydrogen-bond acceptors (Lipinski definition) is 0. The van der Waals surface area contributed by atoms with Gasteiger partial charge in [-0.3, -0.25) is 0 Å². The Morgan fingerprint density at radius 2 is 1.86 bits per heavy atom. The van der Waals surface area contributed by atoms with Gasteiger partial charge in [-0.25, -0.2) is 0 Å². The van der Waals surface area contributed by atoms with Crippen LogP contribution in [0, 0.1) is 23.2 Å². The van der Waals surface area contributed by atoms with E-state index >= 15 is 0 Å². The molecule has 108 valence electrons. The van der Waals surface area contributed by atoms with Gasteiger partial charge in [-0.2, -0.15) is 0 Å². The first kappa shape index (κ1) is 13.1. The highest BCUT2D eigenvalue weighted by molar-refractivity contribution is 5.43. The third-order valence-corrected chi connectivity index (χ3v) is 5.99. The van der Waals surface area contributed by atoms with Crippen LogP contribution in [0.2, 0.25) is 0 Å². The zero-order valence-corrected chi connectivity index (χ0v) is 13.2.